The average Bonchev–Trinajstić information content (AvgIpc) is 2.35. The number of anilines is 1. The van der Waals surface area contributed by atoms with Crippen molar-refractivity contribution in [2.75, 3.05) is 11.9 Å². The van der Waals surface area contributed by atoms with Crippen molar-refractivity contribution in [1.82, 2.24) is 0 Å². The molecule has 0 fully saturated rings. The van der Waals surface area contributed by atoms with Gasteiger partial charge in [-0.15, -0.1) is 0 Å². The zero-order valence-electron chi connectivity index (χ0n) is 10.1. The number of nitrogens with one attached hydrogen (secondary N) is 1. The Morgan fingerprint density at radius 3 is 2.63 bits per heavy atom. The van der Waals surface area contributed by atoms with E-state index in [0.29, 0.717) is 5.69 Å². The van der Waals surface area contributed by atoms with Gasteiger partial charge in [0.2, 0.25) is 0 Å². The predicted molar refractivity (Wildman–Crippen MR) is 69.5 cm³/mol. The zero-order valence-corrected chi connectivity index (χ0v) is 10.8. The number of aliphatic carboxylic acids is 1. The fourth-order valence-electron chi connectivity index (χ4n) is 1.37. The second-order valence-corrected chi connectivity index (χ2v) is 4.37. The maximum absolute atomic E-state index is 10.9. The van der Waals surface area contributed by atoms with Crippen LogP contribution in [0.15, 0.2) is 18.2 Å². The number of halogens is 1. The summed E-state index contributed by atoms with van der Waals surface area (Å²) in [5.41, 5.74) is -1.74. The third-order valence-corrected chi connectivity index (χ3v) is 3.02. The van der Waals surface area contributed by atoms with Crippen molar-refractivity contribution in [3.05, 3.63) is 33.3 Å². The van der Waals surface area contributed by atoms with Gasteiger partial charge in [0.1, 0.15) is 5.02 Å². The largest absolute Gasteiger partial charge is 0.479 e. The molecule has 1 aromatic carbocycles. The smallest absolute Gasteiger partial charge is 0.337 e. The normalized spacial score (nSPS) is 13.6. The number of aliphatic hydroxyl groups is 1. The number of carbonyl (C=O) groups is 1. The standard InChI is InChI=1S/C11H13ClN2O5/c1-2-11(17,10(15)16)6-13-7-3-4-9(14(18)19)8(12)5-7/h3-5,13,17H,2,6H2,1H3,(H,15,16)/t11-/m0/s1. The molecule has 1 atom stereocenters. The summed E-state index contributed by atoms with van der Waals surface area (Å²) in [6, 6.07) is 3.90. The van der Waals surface area contributed by atoms with Crippen LogP contribution in [0.4, 0.5) is 11.4 Å². The molecule has 0 aromatic heterocycles. The van der Waals surface area contributed by atoms with Crippen LogP contribution in [0.25, 0.3) is 0 Å². The second-order valence-electron chi connectivity index (χ2n) is 3.97. The Morgan fingerprint density at radius 2 is 2.21 bits per heavy atom. The fraction of sp³-hybridized carbons (Fsp3) is 0.364. The summed E-state index contributed by atoms with van der Waals surface area (Å²) in [4.78, 5) is 20.8. The summed E-state index contributed by atoms with van der Waals surface area (Å²) >= 11 is 5.71. The van der Waals surface area contributed by atoms with E-state index in [2.05, 4.69) is 5.32 Å². The van der Waals surface area contributed by atoms with Crippen LogP contribution in [-0.4, -0.2) is 33.3 Å². The van der Waals surface area contributed by atoms with Gasteiger partial charge in [0.25, 0.3) is 5.69 Å². The number of carboxylic acids is 1. The quantitative estimate of drug-likeness (QED) is 0.544. The van der Waals surface area contributed by atoms with Crippen molar-refractivity contribution < 1.29 is 19.9 Å². The van der Waals surface area contributed by atoms with E-state index in [1.807, 2.05) is 0 Å². The molecule has 104 valence electrons. The maximum Gasteiger partial charge on any atom is 0.337 e. The van der Waals surface area contributed by atoms with E-state index in [1.165, 1.54) is 18.2 Å². The molecule has 1 aromatic rings. The second kappa shape index (κ2) is 5.85. The summed E-state index contributed by atoms with van der Waals surface area (Å²) in [6.45, 7) is 1.31. The molecule has 19 heavy (non-hydrogen) atoms. The Hall–Kier alpha value is -1.86. The molecule has 0 aliphatic carbocycles. The van der Waals surface area contributed by atoms with Crippen molar-refractivity contribution in [1.29, 1.82) is 0 Å². The van der Waals surface area contributed by atoms with Gasteiger partial charge in [-0.2, -0.15) is 0 Å². The molecule has 0 radical (unpaired) electrons. The van der Waals surface area contributed by atoms with Crippen LogP contribution >= 0.6 is 11.6 Å². The minimum Gasteiger partial charge on any atom is -0.479 e. The molecule has 0 amide bonds. The number of hydrogen-bond donors (Lipinski definition) is 3. The number of benzene rings is 1. The SMILES string of the molecule is CC[C@](O)(CNc1ccc([N+](=O)[O-])c(Cl)c1)C(=O)O. The van der Waals surface area contributed by atoms with Crippen LogP contribution in [0.3, 0.4) is 0 Å². The average molecular weight is 289 g/mol. The van der Waals surface area contributed by atoms with Crippen molar-refractivity contribution >= 4 is 28.9 Å². The van der Waals surface area contributed by atoms with Crippen LogP contribution in [0.5, 0.6) is 0 Å². The van der Waals surface area contributed by atoms with Crippen LogP contribution in [0, 0.1) is 10.1 Å². The lowest BCUT2D eigenvalue weighted by molar-refractivity contribution is -0.384. The first-order chi connectivity index (χ1) is 8.80. The molecule has 1 rings (SSSR count). The van der Waals surface area contributed by atoms with Gasteiger partial charge in [0, 0.05) is 11.8 Å². The van der Waals surface area contributed by atoms with Gasteiger partial charge in [-0.05, 0) is 18.6 Å². The molecule has 0 saturated carbocycles. The molecule has 0 heterocycles. The summed E-state index contributed by atoms with van der Waals surface area (Å²) in [6.07, 6.45) is 0.0239. The number of carboxylic acid groups (broad SMARTS) is 1. The lowest BCUT2D eigenvalue weighted by Gasteiger charge is -2.22. The van der Waals surface area contributed by atoms with E-state index in [9.17, 15) is 20.0 Å². The Labute approximate surface area is 114 Å². The van der Waals surface area contributed by atoms with Crippen molar-refractivity contribution in [2.24, 2.45) is 0 Å². The topological polar surface area (TPSA) is 113 Å². The summed E-state index contributed by atoms with van der Waals surface area (Å²) in [7, 11) is 0. The van der Waals surface area contributed by atoms with Gasteiger partial charge in [-0.3, -0.25) is 10.1 Å². The molecular weight excluding hydrogens is 276 g/mol. The number of nitro groups is 1. The molecular formula is C11H13ClN2O5. The molecule has 7 nitrogen and oxygen atoms in total. The molecule has 3 N–H and O–H groups in total. The van der Waals surface area contributed by atoms with Gasteiger partial charge >= 0.3 is 5.97 Å². The van der Waals surface area contributed by atoms with Crippen LogP contribution < -0.4 is 5.32 Å². The monoisotopic (exact) mass is 288 g/mol. The summed E-state index contributed by atoms with van der Waals surface area (Å²) < 4.78 is 0. The molecule has 0 saturated heterocycles. The first kappa shape index (κ1) is 15.2. The lowest BCUT2D eigenvalue weighted by atomic mass is 10.0. The van der Waals surface area contributed by atoms with Crippen molar-refractivity contribution in [3.8, 4) is 0 Å². The van der Waals surface area contributed by atoms with Gasteiger partial charge in [-0.1, -0.05) is 18.5 Å². The van der Waals surface area contributed by atoms with Gasteiger partial charge < -0.3 is 15.5 Å². The minimum absolute atomic E-state index is 0.0239. The highest BCUT2D eigenvalue weighted by atomic mass is 35.5. The molecule has 0 spiro atoms. The van der Waals surface area contributed by atoms with E-state index < -0.39 is 16.5 Å². The predicted octanol–water partition coefficient (Wildman–Crippen LogP) is 1.89. The number of hydrogen-bond acceptors (Lipinski definition) is 5. The van der Waals surface area contributed by atoms with Gasteiger partial charge in [0.15, 0.2) is 5.60 Å². The fourth-order valence-corrected chi connectivity index (χ4v) is 1.61. The number of nitrogens with zero attached hydrogens (tertiary/aromatic N) is 1. The molecule has 0 unspecified atom stereocenters. The highest BCUT2D eigenvalue weighted by Gasteiger charge is 2.33. The molecule has 0 aliphatic heterocycles. The molecule has 8 heteroatoms. The van der Waals surface area contributed by atoms with Crippen LogP contribution in [0.1, 0.15) is 13.3 Å². The Bertz CT molecular complexity index is 508. The first-order valence-electron chi connectivity index (χ1n) is 5.43. The summed E-state index contributed by atoms with van der Waals surface area (Å²) in [5, 5.41) is 31.8. The van der Waals surface area contributed by atoms with E-state index in [1.54, 1.807) is 6.92 Å². The third-order valence-electron chi connectivity index (χ3n) is 2.71. The van der Waals surface area contributed by atoms with E-state index in [4.69, 9.17) is 16.7 Å². The van der Waals surface area contributed by atoms with E-state index >= 15 is 0 Å². The minimum atomic E-state index is -1.89. The Kier molecular flexibility index (Phi) is 4.68. The number of nitro benzene ring substituents is 1. The van der Waals surface area contributed by atoms with Crippen molar-refractivity contribution in [3.63, 3.8) is 0 Å². The zero-order chi connectivity index (χ0) is 14.6. The van der Waals surface area contributed by atoms with Gasteiger partial charge in [-0.25, -0.2) is 4.79 Å². The third kappa shape index (κ3) is 3.55. The van der Waals surface area contributed by atoms with E-state index in [0.717, 1.165) is 0 Å². The Morgan fingerprint density at radius 1 is 1.58 bits per heavy atom. The Balaban J connectivity index is 2.82. The molecule has 0 aliphatic rings. The lowest BCUT2D eigenvalue weighted by Crippen LogP contribution is -2.44. The van der Waals surface area contributed by atoms with Crippen molar-refractivity contribution in [2.45, 2.75) is 18.9 Å². The highest BCUT2D eigenvalue weighted by Crippen LogP contribution is 2.27. The van der Waals surface area contributed by atoms with E-state index in [-0.39, 0.29) is 23.7 Å². The molecule has 0 bridgehead atoms. The highest BCUT2D eigenvalue weighted by molar-refractivity contribution is 6.32. The number of rotatable bonds is 6. The summed E-state index contributed by atoms with van der Waals surface area (Å²) in [5.74, 6) is -1.34. The van der Waals surface area contributed by atoms with Crippen LogP contribution in [-0.2, 0) is 4.79 Å². The van der Waals surface area contributed by atoms with Gasteiger partial charge in [0.05, 0.1) is 11.5 Å². The van der Waals surface area contributed by atoms with Crippen LogP contribution in [0.2, 0.25) is 5.02 Å². The first-order valence-corrected chi connectivity index (χ1v) is 5.81. The maximum atomic E-state index is 10.9.